The van der Waals surface area contributed by atoms with E-state index in [9.17, 15) is 5.26 Å². The molecule has 0 aliphatic heterocycles. The summed E-state index contributed by atoms with van der Waals surface area (Å²) in [6, 6.07) is 19.6. The molecule has 0 fully saturated rings. The predicted octanol–water partition coefficient (Wildman–Crippen LogP) is 3.64. The van der Waals surface area contributed by atoms with Crippen LogP contribution in [0.25, 0.3) is 11.3 Å². The monoisotopic (exact) mass is 316 g/mol. The first kappa shape index (κ1) is 15.5. The quantitative estimate of drug-likeness (QED) is 0.778. The third-order valence-corrected chi connectivity index (χ3v) is 3.57. The van der Waals surface area contributed by atoms with Gasteiger partial charge in [-0.2, -0.15) is 5.26 Å². The van der Waals surface area contributed by atoms with Gasteiger partial charge in [-0.1, -0.05) is 42.5 Å². The normalized spacial score (nSPS) is 10.0. The van der Waals surface area contributed by atoms with Crippen molar-refractivity contribution < 1.29 is 4.74 Å². The van der Waals surface area contributed by atoms with Crippen molar-refractivity contribution in [1.82, 2.24) is 9.97 Å². The van der Waals surface area contributed by atoms with Crippen LogP contribution in [0.2, 0.25) is 0 Å². The lowest BCUT2D eigenvalue weighted by atomic mass is 10.1. The minimum absolute atomic E-state index is 0.281. The molecule has 0 spiro atoms. The molecule has 3 aromatic rings. The number of hydrogen-bond donors (Lipinski definition) is 1. The molecule has 5 heteroatoms. The summed E-state index contributed by atoms with van der Waals surface area (Å²) in [6.45, 7) is 0.547. The zero-order valence-corrected chi connectivity index (χ0v) is 13.2. The molecule has 0 radical (unpaired) electrons. The Labute approximate surface area is 140 Å². The number of benzene rings is 2. The summed E-state index contributed by atoms with van der Waals surface area (Å²) in [5.74, 6) is 1.29. The van der Waals surface area contributed by atoms with Crippen molar-refractivity contribution >= 4 is 5.82 Å². The summed E-state index contributed by atoms with van der Waals surface area (Å²) >= 11 is 0. The van der Waals surface area contributed by atoms with Crippen molar-refractivity contribution in [2.24, 2.45) is 0 Å². The molecule has 0 amide bonds. The summed E-state index contributed by atoms with van der Waals surface area (Å²) in [4.78, 5) is 8.75. The van der Waals surface area contributed by atoms with Crippen LogP contribution in [0, 0.1) is 11.3 Å². The predicted molar refractivity (Wildman–Crippen MR) is 92.5 cm³/mol. The average molecular weight is 316 g/mol. The Hall–Kier alpha value is -3.39. The highest BCUT2D eigenvalue weighted by molar-refractivity contribution is 5.62. The van der Waals surface area contributed by atoms with Crippen molar-refractivity contribution in [2.45, 2.75) is 6.54 Å². The van der Waals surface area contributed by atoms with Crippen molar-refractivity contribution in [2.75, 3.05) is 12.4 Å². The van der Waals surface area contributed by atoms with Crippen LogP contribution in [0.3, 0.4) is 0 Å². The number of nitriles is 1. The van der Waals surface area contributed by atoms with Gasteiger partial charge in [-0.3, -0.25) is 0 Å². The van der Waals surface area contributed by atoms with Crippen molar-refractivity contribution in [3.05, 3.63) is 72.1 Å². The van der Waals surface area contributed by atoms with Crippen LogP contribution in [-0.2, 0) is 6.54 Å². The van der Waals surface area contributed by atoms with Crippen LogP contribution in [0.15, 0.2) is 60.8 Å². The molecule has 0 saturated heterocycles. The number of nitrogens with one attached hydrogen (secondary N) is 1. The lowest BCUT2D eigenvalue weighted by Gasteiger charge is -2.09. The molecule has 5 nitrogen and oxygen atoms in total. The lowest BCUT2D eigenvalue weighted by Crippen LogP contribution is -2.05. The highest BCUT2D eigenvalue weighted by Crippen LogP contribution is 2.20. The number of anilines is 1. The molecule has 3 rings (SSSR count). The van der Waals surface area contributed by atoms with Gasteiger partial charge in [-0.05, 0) is 17.7 Å². The number of hydrogen-bond acceptors (Lipinski definition) is 5. The Morgan fingerprint density at radius 1 is 1.08 bits per heavy atom. The fourth-order valence-electron chi connectivity index (χ4n) is 2.27. The minimum atomic E-state index is 0.281. The van der Waals surface area contributed by atoms with Crippen LogP contribution >= 0.6 is 0 Å². The highest BCUT2D eigenvalue weighted by Gasteiger charge is 2.08. The standard InChI is InChI=1S/C19H16N4O/c1-24-16-9-7-14(8-10-16)12-22-19-17(11-20)21-13-18(23-19)15-5-3-2-4-6-15/h2-10,13H,12H2,1H3,(H,22,23). The second-order valence-corrected chi connectivity index (χ2v) is 5.13. The van der Waals surface area contributed by atoms with Gasteiger partial charge < -0.3 is 10.1 Å². The van der Waals surface area contributed by atoms with E-state index in [4.69, 9.17) is 4.74 Å². The SMILES string of the molecule is COc1ccc(CNc2nc(-c3ccccc3)cnc2C#N)cc1. The van der Waals surface area contributed by atoms with Gasteiger partial charge in [-0.25, -0.2) is 9.97 Å². The number of ether oxygens (including phenoxy) is 1. The summed E-state index contributed by atoms with van der Waals surface area (Å²) in [6.07, 6.45) is 1.62. The Balaban J connectivity index is 1.82. The molecule has 0 aliphatic rings. The van der Waals surface area contributed by atoms with Gasteiger partial charge >= 0.3 is 0 Å². The van der Waals surface area contributed by atoms with Gasteiger partial charge in [0.2, 0.25) is 0 Å². The second kappa shape index (κ2) is 7.25. The molecule has 1 heterocycles. The molecular weight excluding hydrogens is 300 g/mol. The van der Waals surface area contributed by atoms with Crippen LogP contribution in [0.1, 0.15) is 11.3 Å². The third kappa shape index (κ3) is 3.50. The second-order valence-electron chi connectivity index (χ2n) is 5.13. The highest BCUT2D eigenvalue weighted by atomic mass is 16.5. The van der Waals surface area contributed by atoms with Gasteiger partial charge in [0.05, 0.1) is 19.0 Å². The molecule has 0 saturated carbocycles. The van der Waals surface area contributed by atoms with Gasteiger partial charge in [-0.15, -0.1) is 0 Å². The molecule has 2 aromatic carbocycles. The maximum Gasteiger partial charge on any atom is 0.183 e. The number of aromatic nitrogens is 2. The van der Waals surface area contributed by atoms with E-state index in [1.165, 1.54) is 0 Å². The van der Waals surface area contributed by atoms with E-state index in [0.717, 1.165) is 22.6 Å². The molecule has 1 aromatic heterocycles. The van der Waals surface area contributed by atoms with E-state index in [1.54, 1.807) is 13.3 Å². The van der Waals surface area contributed by atoms with Gasteiger partial charge in [0, 0.05) is 12.1 Å². The molecule has 0 unspecified atom stereocenters. The van der Waals surface area contributed by atoms with E-state index in [-0.39, 0.29) is 5.69 Å². The average Bonchev–Trinajstić information content (AvgIpc) is 2.67. The summed E-state index contributed by atoms with van der Waals surface area (Å²) in [7, 11) is 1.64. The number of rotatable bonds is 5. The van der Waals surface area contributed by atoms with Crippen molar-refractivity contribution in [3.63, 3.8) is 0 Å². The summed E-state index contributed by atoms with van der Waals surface area (Å²) < 4.78 is 5.15. The number of methoxy groups -OCH3 is 1. The van der Waals surface area contributed by atoms with E-state index in [2.05, 4.69) is 21.4 Å². The zero-order valence-electron chi connectivity index (χ0n) is 13.2. The Morgan fingerprint density at radius 2 is 1.83 bits per heavy atom. The fraction of sp³-hybridized carbons (Fsp3) is 0.105. The molecule has 24 heavy (non-hydrogen) atoms. The molecular formula is C19H16N4O. The Morgan fingerprint density at radius 3 is 2.50 bits per heavy atom. The molecule has 0 bridgehead atoms. The summed E-state index contributed by atoms with van der Waals surface area (Å²) in [5, 5.41) is 12.4. The number of nitrogens with zero attached hydrogens (tertiary/aromatic N) is 3. The van der Waals surface area contributed by atoms with Gasteiger partial charge in [0.25, 0.3) is 0 Å². The van der Waals surface area contributed by atoms with Gasteiger partial charge in [0.15, 0.2) is 11.5 Å². The van der Waals surface area contributed by atoms with Gasteiger partial charge in [0.1, 0.15) is 11.8 Å². The minimum Gasteiger partial charge on any atom is -0.497 e. The van der Waals surface area contributed by atoms with Crippen LogP contribution in [0.4, 0.5) is 5.82 Å². The van der Waals surface area contributed by atoms with Crippen LogP contribution in [-0.4, -0.2) is 17.1 Å². The molecule has 118 valence electrons. The Kier molecular flexibility index (Phi) is 4.68. The molecule has 0 atom stereocenters. The lowest BCUT2D eigenvalue weighted by molar-refractivity contribution is 0.414. The topological polar surface area (TPSA) is 70.8 Å². The fourth-order valence-corrected chi connectivity index (χ4v) is 2.27. The first-order chi connectivity index (χ1) is 11.8. The van der Waals surface area contributed by atoms with E-state index in [1.807, 2.05) is 54.6 Å². The van der Waals surface area contributed by atoms with E-state index >= 15 is 0 Å². The Bertz CT molecular complexity index is 855. The smallest absolute Gasteiger partial charge is 0.183 e. The van der Waals surface area contributed by atoms with Crippen LogP contribution < -0.4 is 10.1 Å². The first-order valence-electron chi connectivity index (χ1n) is 7.49. The first-order valence-corrected chi connectivity index (χ1v) is 7.49. The maximum absolute atomic E-state index is 9.24. The third-order valence-electron chi connectivity index (χ3n) is 3.57. The van der Waals surface area contributed by atoms with Crippen LogP contribution in [0.5, 0.6) is 5.75 Å². The summed E-state index contributed by atoms with van der Waals surface area (Å²) in [5.41, 5.74) is 3.03. The zero-order chi connectivity index (χ0) is 16.8. The largest absolute Gasteiger partial charge is 0.497 e. The van der Waals surface area contributed by atoms with Crippen molar-refractivity contribution in [1.29, 1.82) is 5.26 Å². The van der Waals surface area contributed by atoms with Crippen molar-refractivity contribution in [3.8, 4) is 23.1 Å². The van der Waals surface area contributed by atoms with E-state index in [0.29, 0.717) is 12.4 Å². The molecule has 0 aliphatic carbocycles. The maximum atomic E-state index is 9.24. The van der Waals surface area contributed by atoms with E-state index < -0.39 is 0 Å². The molecule has 1 N–H and O–H groups in total.